The number of benzene rings is 2. The Morgan fingerprint density at radius 3 is 2.25 bits per heavy atom. The minimum Gasteiger partial charge on any atom is -0.452 e. The lowest BCUT2D eigenvalue weighted by Gasteiger charge is -2.07. The molecule has 9 nitrogen and oxygen atoms in total. The van der Waals surface area contributed by atoms with Gasteiger partial charge in [0.25, 0.3) is 12.1 Å². The van der Waals surface area contributed by atoms with E-state index in [1.807, 2.05) is 0 Å². The number of nitrogens with one attached hydrogen (secondary N) is 2. The molecule has 0 saturated heterocycles. The quantitative estimate of drug-likeness (QED) is 0.376. The summed E-state index contributed by atoms with van der Waals surface area (Å²) in [5, 5.41) is 4.96. The molecule has 142 valence electrons. The molecule has 9 heteroatoms. The average Bonchev–Trinajstić information content (AvgIpc) is 3.13. The van der Waals surface area contributed by atoms with Crippen LogP contribution < -0.4 is 15.6 Å². The molecule has 0 aliphatic heterocycles. The van der Waals surface area contributed by atoms with Crippen LogP contribution in [-0.4, -0.2) is 29.5 Å². The van der Waals surface area contributed by atoms with Gasteiger partial charge in [0, 0.05) is 23.4 Å². The van der Waals surface area contributed by atoms with E-state index in [-0.39, 0.29) is 11.3 Å². The van der Waals surface area contributed by atoms with Crippen molar-refractivity contribution in [2.45, 2.75) is 6.92 Å². The summed E-state index contributed by atoms with van der Waals surface area (Å²) < 4.78 is 10.9. The van der Waals surface area contributed by atoms with Gasteiger partial charge in [-0.2, -0.15) is 0 Å². The van der Waals surface area contributed by atoms with Crippen molar-refractivity contribution >= 4 is 23.3 Å². The molecule has 2 N–H and O–H groups in total. The van der Waals surface area contributed by atoms with E-state index in [2.05, 4.69) is 15.1 Å². The third-order valence-electron chi connectivity index (χ3n) is 3.77. The van der Waals surface area contributed by atoms with E-state index in [4.69, 9.17) is 4.74 Å². The molecule has 0 aliphatic carbocycles. The van der Waals surface area contributed by atoms with E-state index >= 15 is 0 Å². The number of ether oxygens (including phenoxy) is 1. The maximum Gasteiger partial charge on any atom is 0.427 e. The van der Waals surface area contributed by atoms with Gasteiger partial charge < -0.3 is 10.1 Å². The monoisotopic (exact) mass is 382 g/mol. The molecule has 0 radical (unpaired) electrons. The number of esters is 1. The number of aromatic nitrogens is 2. The van der Waals surface area contributed by atoms with Gasteiger partial charge >= 0.3 is 11.6 Å². The lowest BCUT2D eigenvalue weighted by atomic mass is 10.1. The van der Waals surface area contributed by atoms with Crippen LogP contribution in [-0.2, 0) is 9.53 Å². The molecule has 0 unspecified atom stereocenters. The first-order chi connectivity index (χ1) is 13.4. The minimum absolute atomic E-state index is 0.0737. The number of Topliss-reactive ketones (excluding diaryl/α,β-unsaturated/α-hetero) is 1. The molecule has 3 rings (SSSR count). The summed E-state index contributed by atoms with van der Waals surface area (Å²) in [7, 11) is 0. The first kappa shape index (κ1) is 18.8. The van der Waals surface area contributed by atoms with E-state index < -0.39 is 24.1 Å². The predicted molar refractivity (Wildman–Crippen MR) is 96.2 cm³/mol. The second-order valence-electron chi connectivity index (χ2n) is 5.82. The van der Waals surface area contributed by atoms with Crippen molar-refractivity contribution in [3.05, 3.63) is 76.3 Å². The van der Waals surface area contributed by atoms with Crippen LogP contribution in [0.3, 0.4) is 0 Å². The van der Waals surface area contributed by atoms with Crippen molar-refractivity contribution in [3.63, 3.8) is 0 Å². The van der Waals surface area contributed by atoms with Crippen LogP contribution in [0.15, 0.2) is 64.0 Å². The molecule has 0 bridgehead atoms. The Morgan fingerprint density at radius 2 is 1.68 bits per heavy atom. The van der Waals surface area contributed by atoms with E-state index in [9.17, 15) is 19.2 Å². The molecule has 28 heavy (non-hydrogen) atoms. The van der Waals surface area contributed by atoms with Crippen molar-refractivity contribution in [3.8, 4) is 5.69 Å². The fourth-order valence-corrected chi connectivity index (χ4v) is 2.34. The van der Waals surface area contributed by atoms with Gasteiger partial charge in [0.05, 0.1) is 5.56 Å². The molecule has 1 heterocycles. The highest BCUT2D eigenvalue weighted by Gasteiger charge is 2.14. The smallest absolute Gasteiger partial charge is 0.427 e. The van der Waals surface area contributed by atoms with Crippen LogP contribution in [0.25, 0.3) is 5.69 Å². The number of carbonyl (C=O) groups is 3. The summed E-state index contributed by atoms with van der Waals surface area (Å²) >= 11 is 0. The highest BCUT2D eigenvalue weighted by molar-refractivity contribution is 5.97. The molecule has 0 spiro atoms. The largest absolute Gasteiger partial charge is 0.452 e. The molecule has 0 fully saturated rings. The van der Waals surface area contributed by atoms with Gasteiger partial charge in [0.2, 0.25) is 5.69 Å². The fraction of sp³-hybridized carbons (Fsp3) is 0.105. The van der Waals surface area contributed by atoms with Crippen LogP contribution in [0.4, 0.5) is 5.69 Å². The van der Waals surface area contributed by atoms with Crippen molar-refractivity contribution in [2.75, 3.05) is 11.9 Å². The molecule has 0 saturated carbocycles. The van der Waals surface area contributed by atoms with Crippen molar-refractivity contribution in [2.24, 2.45) is 0 Å². The van der Waals surface area contributed by atoms with Crippen LogP contribution in [0.2, 0.25) is 0 Å². The normalized spacial score (nSPS) is 10.3. The first-order valence-corrected chi connectivity index (χ1v) is 8.21. The Labute approximate surface area is 158 Å². The standard InChI is InChI=1S/C19H15N3O6/c1-12(23)13-2-6-15(7-3-13)20-17(24)11-27-19(26)14-4-8-16(9-5-14)22-10-18(25)28-21-22/h2-10H,11H2,1H3,(H-,20,21,23,24,25)/p+1. The highest BCUT2D eigenvalue weighted by atomic mass is 16.5. The molecular formula is C19H16N3O6+. The van der Waals surface area contributed by atoms with Gasteiger partial charge in [-0.15, -0.1) is 0 Å². The molecular weight excluding hydrogens is 366 g/mol. The number of ketones is 1. The van der Waals surface area contributed by atoms with Gasteiger partial charge in [-0.05, 0) is 53.3 Å². The number of aromatic amines is 1. The topological polar surface area (TPSA) is 122 Å². The van der Waals surface area contributed by atoms with Crippen LogP contribution >= 0.6 is 0 Å². The fourth-order valence-electron chi connectivity index (χ4n) is 2.34. The van der Waals surface area contributed by atoms with E-state index in [1.165, 1.54) is 29.9 Å². The number of hydrogen-bond acceptors (Lipinski definition) is 6. The maximum atomic E-state index is 12.1. The molecule has 0 aliphatic rings. The molecule has 2 aromatic carbocycles. The summed E-state index contributed by atoms with van der Waals surface area (Å²) in [5.41, 5.74) is 1.31. The van der Waals surface area contributed by atoms with E-state index in [0.29, 0.717) is 16.9 Å². The minimum atomic E-state index is -0.667. The summed E-state index contributed by atoms with van der Waals surface area (Å²) in [6.07, 6.45) is 1.21. The maximum absolute atomic E-state index is 12.1. The SMILES string of the molecule is CC(=O)c1ccc(NC(=O)COC(=O)c2ccc(-[n+]3cc(=O)o[nH]3)cc2)cc1. The van der Waals surface area contributed by atoms with Gasteiger partial charge in [-0.25, -0.2) is 9.59 Å². The van der Waals surface area contributed by atoms with Gasteiger partial charge in [0.15, 0.2) is 12.4 Å². The van der Waals surface area contributed by atoms with Gasteiger partial charge in [-0.3, -0.25) is 14.1 Å². The second kappa shape index (κ2) is 8.12. The molecule has 0 atom stereocenters. The summed E-state index contributed by atoms with van der Waals surface area (Å²) in [4.78, 5) is 46.2. The Balaban J connectivity index is 1.53. The van der Waals surface area contributed by atoms with Crippen molar-refractivity contribution in [1.82, 2.24) is 5.27 Å². The Kier molecular flexibility index (Phi) is 5.45. The summed E-state index contributed by atoms with van der Waals surface area (Å²) in [6, 6.07) is 12.5. The first-order valence-electron chi connectivity index (χ1n) is 8.21. The lowest BCUT2D eigenvalue weighted by Crippen LogP contribution is -2.32. The number of amides is 1. The van der Waals surface area contributed by atoms with Crippen LogP contribution in [0, 0.1) is 0 Å². The molecule has 1 amide bonds. The third kappa shape index (κ3) is 4.58. The number of H-pyrrole nitrogens is 1. The number of anilines is 1. The highest BCUT2D eigenvalue weighted by Crippen LogP contribution is 2.10. The van der Waals surface area contributed by atoms with E-state index in [1.54, 1.807) is 36.4 Å². The number of carbonyl (C=O) groups excluding carboxylic acids is 3. The van der Waals surface area contributed by atoms with E-state index in [0.717, 1.165) is 0 Å². The summed E-state index contributed by atoms with van der Waals surface area (Å²) in [6.45, 7) is 0.992. The van der Waals surface area contributed by atoms with Crippen LogP contribution in [0.1, 0.15) is 27.6 Å². The molecule has 1 aromatic heterocycles. The zero-order valence-corrected chi connectivity index (χ0v) is 14.8. The van der Waals surface area contributed by atoms with Crippen LogP contribution in [0.5, 0.6) is 0 Å². The Bertz CT molecular complexity index is 1060. The number of nitrogens with zero attached hydrogens (tertiary/aromatic N) is 1. The molecule has 3 aromatic rings. The predicted octanol–water partition coefficient (Wildman–Crippen LogP) is 1.24. The Hall–Kier alpha value is -4.01. The zero-order chi connectivity index (χ0) is 20.1. The average molecular weight is 382 g/mol. The number of rotatable bonds is 6. The lowest BCUT2D eigenvalue weighted by molar-refractivity contribution is -0.670. The summed E-state index contributed by atoms with van der Waals surface area (Å²) in [5.74, 6) is -1.25. The zero-order valence-electron chi connectivity index (χ0n) is 14.8. The Morgan fingerprint density at radius 1 is 1.04 bits per heavy atom. The number of hydrogen-bond donors (Lipinski definition) is 2. The third-order valence-corrected chi connectivity index (χ3v) is 3.77. The second-order valence-corrected chi connectivity index (χ2v) is 5.82. The van der Waals surface area contributed by atoms with Crippen molar-refractivity contribution in [1.29, 1.82) is 0 Å². The van der Waals surface area contributed by atoms with Crippen molar-refractivity contribution < 1.29 is 28.3 Å². The van der Waals surface area contributed by atoms with Gasteiger partial charge in [0.1, 0.15) is 0 Å². The van der Waals surface area contributed by atoms with Gasteiger partial charge in [-0.1, -0.05) is 0 Å².